The number of carbonyl (C=O) groups excluding carboxylic acids is 1. The second kappa shape index (κ2) is 6.06. The maximum absolute atomic E-state index is 12.1. The number of pyridine rings is 1. The van der Waals surface area contributed by atoms with Gasteiger partial charge in [0, 0.05) is 38.7 Å². The normalized spacial score (nSPS) is 9.95. The Morgan fingerprint density at radius 2 is 1.80 bits per heavy atom. The van der Waals surface area contributed by atoms with Crippen molar-refractivity contribution in [1.29, 1.82) is 0 Å². The number of nitrogens with one attached hydrogen (secondary N) is 2. The van der Waals surface area contributed by atoms with E-state index >= 15 is 0 Å². The molecule has 5 nitrogen and oxygen atoms in total. The van der Waals surface area contributed by atoms with Crippen LogP contribution in [0.1, 0.15) is 10.4 Å². The molecule has 0 fully saturated rings. The van der Waals surface area contributed by atoms with Gasteiger partial charge in [0.05, 0.1) is 5.56 Å². The van der Waals surface area contributed by atoms with Crippen molar-refractivity contribution < 1.29 is 4.79 Å². The predicted octanol–water partition coefficient (Wildman–Crippen LogP) is 2.44. The fourth-order valence-electron chi connectivity index (χ4n) is 1.72. The number of aromatic nitrogens is 1. The lowest BCUT2D eigenvalue weighted by Crippen LogP contribution is -2.13. The summed E-state index contributed by atoms with van der Waals surface area (Å²) < 4.78 is 0. The highest BCUT2D eigenvalue weighted by Gasteiger charge is 2.06. The number of anilines is 3. The van der Waals surface area contributed by atoms with Crippen LogP contribution in [0.15, 0.2) is 42.6 Å². The summed E-state index contributed by atoms with van der Waals surface area (Å²) in [5.74, 6) is 0.564. The van der Waals surface area contributed by atoms with Gasteiger partial charge in [-0.15, -0.1) is 0 Å². The molecule has 2 N–H and O–H groups in total. The lowest BCUT2D eigenvalue weighted by Gasteiger charge is -2.13. The SMILES string of the molecule is CNc1ccc(C(=O)Nc2ccc(N(C)C)cc2)cn1. The molecule has 0 radical (unpaired) electrons. The molecule has 0 spiro atoms. The minimum atomic E-state index is -0.169. The standard InChI is InChI=1S/C15H18N4O/c1-16-14-9-4-11(10-17-14)15(20)18-12-5-7-13(8-6-12)19(2)3/h4-10H,1-3H3,(H,16,17)(H,18,20). The van der Waals surface area contributed by atoms with E-state index < -0.39 is 0 Å². The zero-order valence-electron chi connectivity index (χ0n) is 11.8. The molecule has 5 heteroatoms. The van der Waals surface area contributed by atoms with Crippen LogP contribution in [0, 0.1) is 0 Å². The zero-order chi connectivity index (χ0) is 14.5. The fourth-order valence-corrected chi connectivity index (χ4v) is 1.72. The number of rotatable bonds is 4. The second-order valence-electron chi connectivity index (χ2n) is 4.58. The lowest BCUT2D eigenvalue weighted by molar-refractivity contribution is 0.102. The predicted molar refractivity (Wildman–Crippen MR) is 82.5 cm³/mol. The molecule has 0 aliphatic heterocycles. The Balaban J connectivity index is 2.06. The Bertz CT molecular complexity index is 576. The van der Waals surface area contributed by atoms with Crippen LogP contribution in [0.4, 0.5) is 17.2 Å². The number of benzene rings is 1. The number of carbonyl (C=O) groups is 1. The summed E-state index contributed by atoms with van der Waals surface area (Å²) in [5.41, 5.74) is 2.38. The van der Waals surface area contributed by atoms with Crippen LogP contribution in [0.5, 0.6) is 0 Å². The molecule has 0 bridgehead atoms. The van der Waals surface area contributed by atoms with E-state index in [9.17, 15) is 4.79 Å². The molecule has 104 valence electrons. The minimum Gasteiger partial charge on any atom is -0.378 e. The maximum atomic E-state index is 12.1. The highest BCUT2D eigenvalue weighted by molar-refractivity contribution is 6.04. The highest BCUT2D eigenvalue weighted by Crippen LogP contribution is 2.16. The summed E-state index contributed by atoms with van der Waals surface area (Å²) in [6.07, 6.45) is 1.55. The second-order valence-corrected chi connectivity index (χ2v) is 4.58. The molecular weight excluding hydrogens is 252 g/mol. The van der Waals surface area contributed by atoms with E-state index in [1.165, 1.54) is 0 Å². The smallest absolute Gasteiger partial charge is 0.257 e. The van der Waals surface area contributed by atoms with Crippen LogP contribution >= 0.6 is 0 Å². The van der Waals surface area contributed by atoms with E-state index in [1.807, 2.05) is 43.3 Å². The van der Waals surface area contributed by atoms with Gasteiger partial charge in [0.2, 0.25) is 0 Å². The molecule has 0 atom stereocenters. The van der Waals surface area contributed by atoms with Crippen molar-refractivity contribution in [3.8, 4) is 0 Å². The molecule has 1 amide bonds. The summed E-state index contributed by atoms with van der Waals surface area (Å²) in [6.45, 7) is 0. The van der Waals surface area contributed by atoms with Gasteiger partial charge in [-0.05, 0) is 36.4 Å². The molecular formula is C15H18N4O. The highest BCUT2D eigenvalue weighted by atomic mass is 16.1. The first-order chi connectivity index (χ1) is 9.60. The number of nitrogens with zero attached hydrogens (tertiary/aromatic N) is 2. The van der Waals surface area contributed by atoms with Gasteiger partial charge in [0.25, 0.3) is 5.91 Å². The van der Waals surface area contributed by atoms with Crippen molar-refractivity contribution in [2.75, 3.05) is 36.7 Å². The van der Waals surface area contributed by atoms with Crippen LogP contribution in [-0.2, 0) is 0 Å². The van der Waals surface area contributed by atoms with Crippen molar-refractivity contribution in [1.82, 2.24) is 4.98 Å². The molecule has 0 aliphatic rings. The van der Waals surface area contributed by atoms with E-state index in [2.05, 4.69) is 15.6 Å². The first-order valence-corrected chi connectivity index (χ1v) is 6.32. The van der Waals surface area contributed by atoms with E-state index in [-0.39, 0.29) is 5.91 Å². The fraction of sp³-hybridized carbons (Fsp3) is 0.200. The quantitative estimate of drug-likeness (QED) is 0.896. The van der Waals surface area contributed by atoms with Gasteiger partial charge in [-0.3, -0.25) is 4.79 Å². The topological polar surface area (TPSA) is 57.3 Å². The van der Waals surface area contributed by atoms with Crippen LogP contribution in [0.25, 0.3) is 0 Å². The van der Waals surface area contributed by atoms with E-state index in [0.717, 1.165) is 17.2 Å². The van der Waals surface area contributed by atoms with Crippen molar-refractivity contribution in [3.05, 3.63) is 48.2 Å². The first-order valence-electron chi connectivity index (χ1n) is 6.32. The van der Waals surface area contributed by atoms with Gasteiger partial charge in [0.1, 0.15) is 5.82 Å². The van der Waals surface area contributed by atoms with Crippen molar-refractivity contribution in [3.63, 3.8) is 0 Å². The van der Waals surface area contributed by atoms with Gasteiger partial charge >= 0.3 is 0 Å². The minimum absolute atomic E-state index is 0.169. The van der Waals surface area contributed by atoms with Gasteiger partial charge in [-0.25, -0.2) is 4.98 Å². The lowest BCUT2D eigenvalue weighted by atomic mass is 10.2. The van der Waals surface area contributed by atoms with Crippen LogP contribution in [-0.4, -0.2) is 32.0 Å². The molecule has 0 unspecified atom stereocenters. The summed E-state index contributed by atoms with van der Waals surface area (Å²) >= 11 is 0. The van der Waals surface area contributed by atoms with Gasteiger partial charge < -0.3 is 15.5 Å². The van der Waals surface area contributed by atoms with Crippen molar-refractivity contribution in [2.45, 2.75) is 0 Å². The Kier molecular flexibility index (Phi) is 4.20. The van der Waals surface area contributed by atoms with Gasteiger partial charge in [-0.2, -0.15) is 0 Å². The molecule has 2 aromatic rings. The summed E-state index contributed by atoms with van der Waals surface area (Å²) in [4.78, 5) is 18.2. The number of amides is 1. The maximum Gasteiger partial charge on any atom is 0.257 e. The average molecular weight is 270 g/mol. The molecule has 0 saturated heterocycles. The van der Waals surface area contributed by atoms with Crippen LogP contribution in [0.3, 0.4) is 0 Å². The molecule has 2 rings (SSSR count). The first kappa shape index (κ1) is 13.9. The monoisotopic (exact) mass is 270 g/mol. The Hall–Kier alpha value is -2.56. The van der Waals surface area contributed by atoms with E-state index in [4.69, 9.17) is 0 Å². The van der Waals surface area contributed by atoms with Crippen molar-refractivity contribution in [2.24, 2.45) is 0 Å². The summed E-state index contributed by atoms with van der Waals surface area (Å²) in [6, 6.07) is 11.2. The molecule has 0 aliphatic carbocycles. The zero-order valence-corrected chi connectivity index (χ0v) is 11.8. The Labute approximate surface area is 118 Å². The number of hydrogen-bond donors (Lipinski definition) is 2. The largest absolute Gasteiger partial charge is 0.378 e. The third-order valence-corrected chi connectivity index (χ3v) is 2.92. The molecule has 1 heterocycles. The Morgan fingerprint density at radius 1 is 1.10 bits per heavy atom. The average Bonchev–Trinajstić information content (AvgIpc) is 2.48. The van der Waals surface area contributed by atoms with E-state index in [1.54, 1.807) is 25.4 Å². The third-order valence-electron chi connectivity index (χ3n) is 2.92. The number of hydrogen-bond acceptors (Lipinski definition) is 4. The van der Waals surface area contributed by atoms with Crippen molar-refractivity contribution >= 4 is 23.1 Å². The summed E-state index contributed by atoms with van der Waals surface area (Å²) in [5, 5.41) is 5.76. The van der Waals surface area contributed by atoms with Crippen LogP contribution < -0.4 is 15.5 Å². The third kappa shape index (κ3) is 3.26. The van der Waals surface area contributed by atoms with Gasteiger partial charge in [-0.1, -0.05) is 0 Å². The molecule has 20 heavy (non-hydrogen) atoms. The van der Waals surface area contributed by atoms with Gasteiger partial charge in [0.15, 0.2) is 0 Å². The molecule has 1 aromatic heterocycles. The van der Waals surface area contributed by atoms with E-state index in [0.29, 0.717) is 5.56 Å². The Morgan fingerprint density at radius 3 is 2.30 bits per heavy atom. The molecule has 1 aromatic carbocycles. The van der Waals surface area contributed by atoms with Crippen LogP contribution in [0.2, 0.25) is 0 Å². The summed E-state index contributed by atoms with van der Waals surface area (Å²) in [7, 11) is 5.74. The molecule has 0 saturated carbocycles.